The van der Waals surface area contributed by atoms with Crippen molar-refractivity contribution in [1.82, 2.24) is 14.3 Å². The minimum atomic E-state index is -0.443. The molecular weight excluding hydrogens is 431 g/mol. The number of amides is 2. The maximum absolute atomic E-state index is 14.0. The van der Waals surface area contributed by atoms with Gasteiger partial charge in [0.2, 0.25) is 0 Å². The van der Waals surface area contributed by atoms with Crippen molar-refractivity contribution < 1.29 is 13.9 Å². The molecule has 2 aromatic heterocycles. The Morgan fingerprint density at radius 3 is 2.82 bits per heavy atom. The lowest BCUT2D eigenvalue weighted by Crippen LogP contribution is -2.42. The lowest BCUT2D eigenvalue weighted by atomic mass is 9.97. The van der Waals surface area contributed by atoms with Crippen LogP contribution in [0.25, 0.3) is 16.8 Å². The van der Waals surface area contributed by atoms with Gasteiger partial charge in [0, 0.05) is 30.8 Å². The van der Waals surface area contributed by atoms with Gasteiger partial charge in [-0.05, 0) is 55.7 Å². The molecule has 0 spiro atoms. The Hall–Kier alpha value is -3.87. The molecule has 1 aliphatic heterocycles. The van der Waals surface area contributed by atoms with Gasteiger partial charge in [0.1, 0.15) is 17.4 Å². The Morgan fingerprint density at radius 1 is 1.15 bits per heavy atom. The maximum atomic E-state index is 14.0. The van der Waals surface area contributed by atoms with Gasteiger partial charge < -0.3 is 19.4 Å². The largest absolute Gasteiger partial charge is 0.497 e. The third-order valence-electron chi connectivity index (χ3n) is 6.34. The second-order valence-electron chi connectivity index (χ2n) is 8.71. The fourth-order valence-corrected chi connectivity index (χ4v) is 4.62. The molecule has 7 heteroatoms. The van der Waals surface area contributed by atoms with E-state index in [4.69, 9.17) is 9.72 Å². The Balaban J connectivity index is 1.47. The van der Waals surface area contributed by atoms with Gasteiger partial charge in [0.25, 0.3) is 0 Å². The third-order valence-corrected chi connectivity index (χ3v) is 6.34. The Kier molecular flexibility index (Phi) is 5.92. The summed E-state index contributed by atoms with van der Waals surface area (Å²) in [5, 5.41) is 2.71. The standard InChI is InChI=1S/C27H27FN4O2/c1-18-12-13-24-25(19-7-5-9-21(15-19)34-2)30-26(32(24)16-18)20-8-6-14-31(17-20)27(33)29-23-11-4-3-10-22(23)28/h3-5,7,9-13,15-16,20H,6,8,14,17H2,1-2H3,(H,29,33). The second-order valence-corrected chi connectivity index (χ2v) is 8.71. The highest BCUT2D eigenvalue weighted by Crippen LogP contribution is 2.33. The number of anilines is 1. The number of hydrogen-bond acceptors (Lipinski definition) is 3. The molecule has 174 valence electrons. The minimum absolute atomic E-state index is 0.0637. The van der Waals surface area contributed by atoms with Crippen LogP contribution in [0.2, 0.25) is 0 Å². The van der Waals surface area contributed by atoms with E-state index in [1.165, 1.54) is 6.07 Å². The van der Waals surface area contributed by atoms with E-state index in [-0.39, 0.29) is 17.6 Å². The predicted molar refractivity (Wildman–Crippen MR) is 131 cm³/mol. The van der Waals surface area contributed by atoms with E-state index in [2.05, 4.69) is 35.0 Å². The van der Waals surface area contributed by atoms with Gasteiger partial charge in [0.05, 0.1) is 24.0 Å². The summed E-state index contributed by atoms with van der Waals surface area (Å²) < 4.78 is 21.6. The van der Waals surface area contributed by atoms with E-state index < -0.39 is 5.82 Å². The lowest BCUT2D eigenvalue weighted by Gasteiger charge is -2.32. The van der Waals surface area contributed by atoms with Gasteiger partial charge in [-0.3, -0.25) is 0 Å². The maximum Gasteiger partial charge on any atom is 0.321 e. The van der Waals surface area contributed by atoms with Crippen molar-refractivity contribution in [2.24, 2.45) is 0 Å². The van der Waals surface area contributed by atoms with Crippen LogP contribution in [0.4, 0.5) is 14.9 Å². The van der Waals surface area contributed by atoms with Gasteiger partial charge in [-0.25, -0.2) is 14.2 Å². The summed E-state index contributed by atoms with van der Waals surface area (Å²) in [5.41, 5.74) is 4.21. The monoisotopic (exact) mass is 458 g/mol. The van der Waals surface area contributed by atoms with Crippen LogP contribution in [-0.4, -0.2) is 40.5 Å². The number of aromatic nitrogens is 2. The minimum Gasteiger partial charge on any atom is -0.497 e. The molecule has 3 heterocycles. The van der Waals surface area contributed by atoms with Gasteiger partial charge in [-0.1, -0.05) is 30.3 Å². The molecule has 0 aliphatic carbocycles. The number of urea groups is 1. The van der Waals surface area contributed by atoms with E-state index in [1.807, 2.05) is 24.3 Å². The zero-order chi connectivity index (χ0) is 23.7. The number of imidazole rings is 1. The van der Waals surface area contributed by atoms with Gasteiger partial charge >= 0.3 is 6.03 Å². The summed E-state index contributed by atoms with van der Waals surface area (Å²) in [7, 11) is 1.65. The Labute approximate surface area is 198 Å². The van der Waals surface area contributed by atoms with E-state index in [0.717, 1.165) is 46.8 Å². The number of methoxy groups -OCH3 is 1. The number of carbonyl (C=O) groups excluding carboxylic acids is 1. The van der Waals surface area contributed by atoms with Crippen LogP contribution in [0.1, 0.15) is 30.1 Å². The van der Waals surface area contributed by atoms with E-state index >= 15 is 0 Å². The number of aryl methyl sites for hydroxylation is 1. The summed E-state index contributed by atoms with van der Waals surface area (Å²) in [6.45, 7) is 3.20. The fraction of sp³-hybridized carbons (Fsp3) is 0.259. The zero-order valence-corrected chi connectivity index (χ0v) is 19.3. The topological polar surface area (TPSA) is 58.9 Å². The van der Waals surface area contributed by atoms with Crippen LogP contribution in [0.15, 0.2) is 66.9 Å². The van der Waals surface area contributed by atoms with Crippen molar-refractivity contribution in [2.75, 3.05) is 25.5 Å². The number of likely N-dealkylation sites (tertiary alicyclic amines) is 1. The number of nitrogens with zero attached hydrogens (tertiary/aromatic N) is 3. The second kappa shape index (κ2) is 9.17. The first-order valence-corrected chi connectivity index (χ1v) is 11.5. The molecule has 1 fully saturated rings. The average Bonchev–Trinajstić information content (AvgIpc) is 3.24. The number of piperidine rings is 1. The van der Waals surface area contributed by atoms with E-state index in [0.29, 0.717) is 13.1 Å². The van der Waals surface area contributed by atoms with Gasteiger partial charge in [0.15, 0.2) is 0 Å². The van der Waals surface area contributed by atoms with Crippen LogP contribution >= 0.6 is 0 Å². The number of nitrogens with one attached hydrogen (secondary N) is 1. The number of benzene rings is 2. The molecule has 1 unspecified atom stereocenters. The summed E-state index contributed by atoms with van der Waals surface area (Å²) in [5.74, 6) is 1.33. The molecule has 0 radical (unpaired) electrons. The van der Waals surface area contributed by atoms with Crippen LogP contribution < -0.4 is 10.1 Å². The SMILES string of the molecule is COc1cccc(-c2nc(C3CCCN(C(=O)Nc4ccccc4F)C3)n3cc(C)ccc23)c1. The molecule has 6 nitrogen and oxygen atoms in total. The summed E-state index contributed by atoms with van der Waals surface area (Å²) >= 11 is 0. The molecule has 5 rings (SSSR count). The molecule has 1 aliphatic rings. The summed E-state index contributed by atoms with van der Waals surface area (Å²) in [4.78, 5) is 19.8. The average molecular weight is 459 g/mol. The zero-order valence-electron chi connectivity index (χ0n) is 19.3. The van der Waals surface area contributed by atoms with Crippen molar-refractivity contribution >= 4 is 17.2 Å². The lowest BCUT2D eigenvalue weighted by molar-refractivity contribution is 0.191. The van der Waals surface area contributed by atoms with Crippen LogP contribution in [0, 0.1) is 12.7 Å². The highest BCUT2D eigenvalue weighted by molar-refractivity contribution is 5.89. The normalized spacial score (nSPS) is 16.0. The van der Waals surface area contributed by atoms with Crippen molar-refractivity contribution in [1.29, 1.82) is 0 Å². The first-order chi connectivity index (χ1) is 16.5. The molecule has 1 N–H and O–H groups in total. The number of rotatable bonds is 4. The van der Waals surface area contributed by atoms with Crippen molar-refractivity contribution in [3.63, 3.8) is 0 Å². The molecule has 34 heavy (non-hydrogen) atoms. The third kappa shape index (κ3) is 4.21. The first kappa shape index (κ1) is 21.9. The van der Waals surface area contributed by atoms with Crippen molar-refractivity contribution in [3.05, 3.63) is 84.1 Å². The number of carbonyl (C=O) groups is 1. The smallest absolute Gasteiger partial charge is 0.321 e. The number of fused-ring (bicyclic) bond motifs is 1. The highest BCUT2D eigenvalue weighted by Gasteiger charge is 2.29. The first-order valence-electron chi connectivity index (χ1n) is 11.5. The predicted octanol–water partition coefficient (Wildman–Crippen LogP) is 5.87. The molecule has 1 saturated heterocycles. The molecular formula is C27H27FN4O2. The summed E-state index contributed by atoms with van der Waals surface area (Å²) in [6, 6.07) is 18.0. The quantitative estimate of drug-likeness (QED) is 0.416. The van der Waals surface area contributed by atoms with E-state index in [1.54, 1.807) is 30.2 Å². The van der Waals surface area contributed by atoms with Gasteiger partial charge in [-0.2, -0.15) is 0 Å². The molecule has 0 saturated carbocycles. The number of hydrogen-bond donors (Lipinski definition) is 1. The number of para-hydroxylation sites is 1. The fourth-order valence-electron chi connectivity index (χ4n) is 4.62. The number of halogens is 1. The molecule has 4 aromatic rings. The van der Waals surface area contributed by atoms with Crippen molar-refractivity contribution in [3.8, 4) is 17.0 Å². The van der Waals surface area contributed by atoms with Crippen LogP contribution in [-0.2, 0) is 0 Å². The Morgan fingerprint density at radius 2 is 2.00 bits per heavy atom. The molecule has 2 amide bonds. The number of ether oxygens (including phenoxy) is 1. The van der Waals surface area contributed by atoms with Crippen LogP contribution in [0.5, 0.6) is 5.75 Å². The summed E-state index contributed by atoms with van der Waals surface area (Å²) in [6.07, 6.45) is 3.87. The van der Waals surface area contributed by atoms with E-state index in [9.17, 15) is 9.18 Å². The molecule has 1 atom stereocenters. The molecule has 0 bridgehead atoms. The molecule has 2 aromatic carbocycles. The van der Waals surface area contributed by atoms with Gasteiger partial charge in [-0.15, -0.1) is 0 Å². The van der Waals surface area contributed by atoms with Crippen LogP contribution in [0.3, 0.4) is 0 Å². The van der Waals surface area contributed by atoms with Crippen molar-refractivity contribution in [2.45, 2.75) is 25.7 Å². The Bertz CT molecular complexity index is 1350. The highest BCUT2D eigenvalue weighted by atomic mass is 19.1. The number of pyridine rings is 1.